The van der Waals surface area contributed by atoms with E-state index in [4.69, 9.17) is 11.6 Å². The maximum atomic E-state index is 5.74. The lowest BCUT2D eigenvalue weighted by Crippen LogP contribution is -2.45. The largest absolute Gasteiger partial charge is 0.127 e. The second-order valence-electron chi connectivity index (χ2n) is 4.63. The molecule has 0 saturated heterocycles. The molecule has 0 aromatic heterocycles. The molecule has 1 rings (SSSR count). The van der Waals surface area contributed by atoms with Gasteiger partial charge in [-0.05, 0) is 37.0 Å². The summed E-state index contributed by atoms with van der Waals surface area (Å²) in [6, 6.07) is 0. The molecule has 0 spiro atoms. The van der Waals surface area contributed by atoms with Crippen molar-refractivity contribution in [1.82, 2.24) is 0 Å². The molecule has 1 saturated carbocycles. The van der Waals surface area contributed by atoms with Crippen LogP contribution in [0.2, 0.25) is 0 Å². The summed E-state index contributed by atoms with van der Waals surface area (Å²) in [6.07, 6.45) is 2.47. The highest BCUT2D eigenvalue weighted by Gasteiger charge is 2.47. The van der Waals surface area contributed by atoms with Gasteiger partial charge in [0.15, 0.2) is 0 Å². The van der Waals surface area contributed by atoms with Gasteiger partial charge in [-0.2, -0.15) is 0 Å². The van der Waals surface area contributed by atoms with Crippen molar-refractivity contribution in [3.05, 3.63) is 12.2 Å². The van der Waals surface area contributed by atoms with Crippen molar-refractivity contribution in [3.8, 4) is 0 Å². The Morgan fingerprint density at radius 2 is 2.17 bits per heavy atom. The number of rotatable bonds is 3. The number of alkyl halides is 1. The lowest BCUT2D eigenvalue weighted by atomic mass is 9.52. The number of halogens is 1. The quantitative estimate of drug-likeness (QED) is 0.464. The smallest absolute Gasteiger partial charge is 0.0226 e. The highest BCUT2D eigenvalue weighted by Crippen LogP contribution is 2.55. The molecule has 1 fully saturated rings. The zero-order valence-electron chi connectivity index (χ0n) is 8.36. The van der Waals surface area contributed by atoms with Crippen LogP contribution in [0, 0.1) is 17.3 Å². The van der Waals surface area contributed by atoms with Gasteiger partial charge in [-0.1, -0.05) is 26.0 Å². The summed E-state index contributed by atoms with van der Waals surface area (Å²) in [5, 5.41) is 0. The molecule has 0 aromatic rings. The van der Waals surface area contributed by atoms with Gasteiger partial charge in [0.2, 0.25) is 0 Å². The van der Waals surface area contributed by atoms with E-state index in [1.165, 1.54) is 18.4 Å². The van der Waals surface area contributed by atoms with E-state index in [2.05, 4.69) is 27.4 Å². The van der Waals surface area contributed by atoms with Crippen molar-refractivity contribution in [2.75, 3.05) is 5.88 Å². The monoisotopic (exact) mass is 186 g/mol. The molecule has 1 aliphatic carbocycles. The Labute approximate surface area is 81.0 Å². The molecular formula is C11H19Cl. The summed E-state index contributed by atoms with van der Waals surface area (Å²) in [7, 11) is 0. The highest BCUT2D eigenvalue weighted by atomic mass is 35.5. The second-order valence-corrected chi connectivity index (χ2v) is 5.01. The molecule has 1 aliphatic rings. The molecule has 0 aromatic carbocycles. The fraction of sp³-hybridized carbons (Fsp3) is 0.818. The molecular weight excluding hydrogens is 168 g/mol. The van der Waals surface area contributed by atoms with Gasteiger partial charge in [-0.25, -0.2) is 0 Å². The van der Waals surface area contributed by atoms with E-state index in [-0.39, 0.29) is 0 Å². The third-order valence-electron chi connectivity index (χ3n) is 3.52. The van der Waals surface area contributed by atoms with E-state index < -0.39 is 0 Å². The summed E-state index contributed by atoms with van der Waals surface area (Å²) in [5.74, 6) is 2.35. The third kappa shape index (κ3) is 1.54. The molecule has 12 heavy (non-hydrogen) atoms. The van der Waals surface area contributed by atoms with Crippen LogP contribution in [0.5, 0.6) is 0 Å². The maximum absolute atomic E-state index is 5.74. The van der Waals surface area contributed by atoms with Crippen LogP contribution in [0.15, 0.2) is 12.2 Å². The van der Waals surface area contributed by atoms with Crippen LogP contribution in [-0.2, 0) is 0 Å². The van der Waals surface area contributed by atoms with Crippen LogP contribution in [0.4, 0.5) is 0 Å². The molecule has 0 N–H and O–H groups in total. The van der Waals surface area contributed by atoms with Gasteiger partial charge in [0, 0.05) is 5.88 Å². The summed E-state index contributed by atoms with van der Waals surface area (Å²) < 4.78 is 0. The molecule has 0 heterocycles. The zero-order valence-corrected chi connectivity index (χ0v) is 9.12. The SMILES string of the molecule is C=C(C)C1CC(CCCl)C1(C)C. The molecule has 2 atom stereocenters. The molecule has 0 aliphatic heterocycles. The predicted molar refractivity (Wildman–Crippen MR) is 55.5 cm³/mol. The van der Waals surface area contributed by atoms with Gasteiger partial charge < -0.3 is 0 Å². The van der Waals surface area contributed by atoms with Crippen LogP contribution in [0.1, 0.15) is 33.6 Å². The minimum atomic E-state index is 0.445. The first-order chi connectivity index (χ1) is 5.50. The molecule has 0 bridgehead atoms. The fourth-order valence-electron chi connectivity index (χ4n) is 2.47. The first kappa shape index (κ1) is 10.1. The lowest BCUT2D eigenvalue weighted by Gasteiger charge is -2.53. The average Bonchev–Trinajstić information content (AvgIpc) is 1.96. The minimum absolute atomic E-state index is 0.445. The molecule has 0 nitrogen and oxygen atoms in total. The van der Waals surface area contributed by atoms with Crippen molar-refractivity contribution < 1.29 is 0 Å². The van der Waals surface area contributed by atoms with Gasteiger partial charge in [0.05, 0.1) is 0 Å². The molecule has 0 radical (unpaired) electrons. The molecule has 70 valence electrons. The average molecular weight is 187 g/mol. The Balaban J connectivity index is 2.53. The van der Waals surface area contributed by atoms with Crippen LogP contribution in [-0.4, -0.2) is 5.88 Å². The zero-order chi connectivity index (χ0) is 9.35. The van der Waals surface area contributed by atoms with E-state index in [1.807, 2.05) is 0 Å². The number of hydrogen-bond acceptors (Lipinski definition) is 0. The van der Waals surface area contributed by atoms with Crippen LogP contribution >= 0.6 is 11.6 Å². The Morgan fingerprint density at radius 3 is 2.50 bits per heavy atom. The van der Waals surface area contributed by atoms with Gasteiger partial charge in [-0.15, -0.1) is 11.6 Å². The second kappa shape index (κ2) is 3.41. The van der Waals surface area contributed by atoms with Crippen LogP contribution in [0.25, 0.3) is 0 Å². The summed E-state index contributed by atoms with van der Waals surface area (Å²) in [5.41, 5.74) is 1.78. The van der Waals surface area contributed by atoms with Crippen LogP contribution < -0.4 is 0 Å². The lowest BCUT2D eigenvalue weighted by molar-refractivity contribution is 0.00274. The third-order valence-corrected chi connectivity index (χ3v) is 3.74. The Bertz CT molecular complexity index is 181. The van der Waals surface area contributed by atoms with E-state index in [1.54, 1.807) is 0 Å². The summed E-state index contributed by atoms with van der Waals surface area (Å²) in [6.45, 7) is 10.9. The number of allylic oxidation sites excluding steroid dienone is 1. The van der Waals surface area contributed by atoms with Gasteiger partial charge in [0.1, 0.15) is 0 Å². The predicted octanol–water partition coefficient (Wildman–Crippen LogP) is 3.85. The van der Waals surface area contributed by atoms with E-state index in [0.717, 1.165) is 17.7 Å². The van der Waals surface area contributed by atoms with E-state index in [0.29, 0.717) is 5.41 Å². The molecule has 2 unspecified atom stereocenters. The normalized spacial score (nSPS) is 32.7. The highest BCUT2D eigenvalue weighted by molar-refractivity contribution is 6.17. The first-order valence-corrected chi connectivity index (χ1v) is 5.25. The van der Waals surface area contributed by atoms with Crippen LogP contribution in [0.3, 0.4) is 0 Å². The standard InChI is InChI=1S/C11H19Cl/c1-8(2)10-7-9(5-6-12)11(10,3)4/h9-10H,1,5-7H2,2-4H3. The van der Waals surface area contributed by atoms with Crippen molar-refractivity contribution in [2.24, 2.45) is 17.3 Å². The van der Waals surface area contributed by atoms with Gasteiger partial charge >= 0.3 is 0 Å². The fourth-order valence-corrected chi connectivity index (χ4v) is 2.74. The minimum Gasteiger partial charge on any atom is -0.127 e. The van der Waals surface area contributed by atoms with Crippen molar-refractivity contribution in [3.63, 3.8) is 0 Å². The number of hydrogen-bond donors (Lipinski definition) is 0. The topological polar surface area (TPSA) is 0 Å². The molecule has 0 amide bonds. The Kier molecular flexibility index (Phi) is 2.88. The van der Waals surface area contributed by atoms with Crippen molar-refractivity contribution in [1.29, 1.82) is 0 Å². The van der Waals surface area contributed by atoms with Gasteiger partial charge in [-0.3, -0.25) is 0 Å². The molecule has 1 heteroatoms. The van der Waals surface area contributed by atoms with E-state index >= 15 is 0 Å². The first-order valence-electron chi connectivity index (χ1n) is 4.71. The Hall–Kier alpha value is 0.0300. The van der Waals surface area contributed by atoms with Crippen molar-refractivity contribution in [2.45, 2.75) is 33.6 Å². The Morgan fingerprint density at radius 1 is 1.58 bits per heavy atom. The van der Waals surface area contributed by atoms with Crippen molar-refractivity contribution >= 4 is 11.6 Å². The maximum Gasteiger partial charge on any atom is 0.0226 e. The van der Waals surface area contributed by atoms with E-state index in [9.17, 15) is 0 Å². The summed E-state index contributed by atoms with van der Waals surface area (Å²) >= 11 is 5.74. The van der Waals surface area contributed by atoms with Gasteiger partial charge in [0.25, 0.3) is 0 Å². The summed E-state index contributed by atoms with van der Waals surface area (Å²) in [4.78, 5) is 0.